The Balaban J connectivity index is 2.44. The maximum Gasteiger partial charge on any atom is 0.311 e. The molecule has 0 saturated carbocycles. The Kier molecular flexibility index (Phi) is 4.75. The van der Waals surface area contributed by atoms with E-state index in [1.54, 1.807) is 9.47 Å². The molecular formula is C15H18FN3O3. The van der Waals surface area contributed by atoms with Crippen molar-refractivity contribution in [1.82, 2.24) is 14.5 Å². The highest BCUT2D eigenvalue weighted by molar-refractivity contribution is 5.82. The highest BCUT2D eigenvalue weighted by Gasteiger charge is 2.18. The third kappa shape index (κ3) is 3.24. The van der Waals surface area contributed by atoms with Crippen molar-refractivity contribution in [3.8, 4) is 0 Å². The van der Waals surface area contributed by atoms with Gasteiger partial charge in [-0.3, -0.25) is 9.59 Å². The summed E-state index contributed by atoms with van der Waals surface area (Å²) in [5.74, 6) is -1.38. The van der Waals surface area contributed by atoms with Crippen molar-refractivity contribution < 1.29 is 19.1 Å². The maximum absolute atomic E-state index is 13.3. The van der Waals surface area contributed by atoms with Crippen LogP contribution in [0.1, 0.15) is 19.7 Å². The largest absolute Gasteiger partial charge is 0.481 e. The second-order valence-electron chi connectivity index (χ2n) is 4.88. The second kappa shape index (κ2) is 6.55. The van der Waals surface area contributed by atoms with Crippen molar-refractivity contribution in [2.75, 3.05) is 13.1 Å². The Morgan fingerprint density at radius 2 is 2.00 bits per heavy atom. The summed E-state index contributed by atoms with van der Waals surface area (Å²) in [5, 5.41) is 8.98. The summed E-state index contributed by atoms with van der Waals surface area (Å²) in [4.78, 5) is 29.1. The first-order valence-corrected chi connectivity index (χ1v) is 7.10. The van der Waals surface area contributed by atoms with Gasteiger partial charge in [-0.15, -0.1) is 0 Å². The van der Waals surface area contributed by atoms with Crippen LogP contribution in [0.3, 0.4) is 0 Å². The number of halogens is 1. The normalized spacial score (nSPS) is 10.9. The van der Waals surface area contributed by atoms with Crippen LogP contribution in [0.5, 0.6) is 0 Å². The second-order valence-corrected chi connectivity index (χ2v) is 4.88. The van der Waals surface area contributed by atoms with Crippen molar-refractivity contribution >= 4 is 22.9 Å². The molecule has 0 aliphatic heterocycles. The van der Waals surface area contributed by atoms with Gasteiger partial charge in [0.25, 0.3) is 0 Å². The van der Waals surface area contributed by atoms with E-state index in [4.69, 9.17) is 5.11 Å². The summed E-state index contributed by atoms with van der Waals surface area (Å²) in [5.41, 5.74) is 0.904. The van der Waals surface area contributed by atoms with Crippen LogP contribution < -0.4 is 0 Å². The van der Waals surface area contributed by atoms with Gasteiger partial charge in [0.15, 0.2) is 0 Å². The van der Waals surface area contributed by atoms with Gasteiger partial charge in [0.05, 0.1) is 11.0 Å². The molecule has 0 atom stereocenters. The number of carbonyl (C=O) groups excluding carboxylic acids is 1. The topological polar surface area (TPSA) is 75.4 Å². The van der Waals surface area contributed by atoms with Crippen LogP contribution in [0.2, 0.25) is 0 Å². The molecular weight excluding hydrogens is 289 g/mol. The van der Waals surface area contributed by atoms with E-state index in [2.05, 4.69) is 4.98 Å². The molecule has 1 heterocycles. The lowest BCUT2D eigenvalue weighted by atomic mass is 10.3. The molecule has 22 heavy (non-hydrogen) atoms. The van der Waals surface area contributed by atoms with Crippen LogP contribution in [-0.2, 0) is 22.6 Å². The monoisotopic (exact) mass is 307 g/mol. The van der Waals surface area contributed by atoms with E-state index in [1.165, 1.54) is 18.2 Å². The lowest BCUT2D eigenvalue weighted by Gasteiger charge is -2.19. The number of likely N-dealkylation sites (N-methyl/N-ethyl adjacent to an activating group) is 1. The molecule has 2 rings (SSSR count). The quantitative estimate of drug-likeness (QED) is 0.881. The standard InChI is InChI=1S/C15H18FN3O3/c1-3-18(4-2)14(20)9-19-12-6-5-10(16)7-11(12)17-13(19)8-15(21)22/h5-7H,3-4,8-9H2,1-2H3,(H,21,22). The first kappa shape index (κ1) is 15.9. The van der Waals surface area contributed by atoms with Crippen LogP contribution in [0.25, 0.3) is 11.0 Å². The molecule has 0 spiro atoms. The van der Waals surface area contributed by atoms with Gasteiger partial charge in [0.1, 0.15) is 24.6 Å². The number of carboxylic acids is 1. The number of aliphatic carboxylic acids is 1. The molecule has 1 N–H and O–H groups in total. The fourth-order valence-corrected chi connectivity index (χ4v) is 2.41. The first-order valence-electron chi connectivity index (χ1n) is 7.10. The molecule has 0 saturated heterocycles. The molecule has 1 aromatic carbocycles. The molecule has 118 valence electrons. The number of carbonyl (C=O) groups is 2. The number of benzene rings is 1. The maximum atomic E-state index is 13.3. The Labute approximate surface area is 127 Å². The number of carboxylic acid groups (broad SMARTS) is 1. The van der Waals surface area contributed by atoms with E-state index in [1.807, 2.05) is 13.8 Å². The highest BCUT2D eigenvalue weighted by atomic mass is 19.1. The molecule has 0 radical (unpaired) electrons. The average Bonchev–Trinajstić information content (AvgIpc) is 2.76. The minimum atomic E-state index is -1.05. The summed E-state index contributed by atoms with van der Waals surface area (Å²) in [7, 11) is 0. The average molecular weight is 307 g/mol. The summed E-state index contributed by atoms with van der Waals surface area (Å²) >= 11 is 0. The highest BCUT2D eigenvalue weighted by Crippen LogP contribution is 2.18. The fourth-order valence-electron chi connectivity index (χ4n) is 2.41. The van der Waals surface area contributed by atoms with E-state index in [0.717, 1.165) is 0 Å². The summed E-state index contributed by atoms with van der Waals surface area (Å²) in [6.45, 7) is 4.89. The van der Waals surface area contributed by atoms with Gasteiger partial charge in [0.2, 0.25) is 5.91 Å². The van der Waals surface area contributed by atoms with E-state index in [-0.39, 0.29) is 24.7 Å². The Morgan fingerprint density at radius 1 is 1.32 bits per heavy atom. The number of amides is 1. The van der Waals surface area contributed by atoms with Crippen LogP contribution in [0.4, 0.5) is 4.39 Å². The van der Waals surface area contributed by atoms with Crippen LogP contribution >= 0.6 is 0 Å². The zero-order valence-electron chi connectivity index (χ0n) is 12.5. The number of rotatable bonds is 6. The zero-order valence-corrected chi connectivity index (χ0v) is 12.5. The molecule has 0 aliphatic rings. The molecule has 6 nitrogen and oxygen atoms in total. The van der Waals surface area contributed by atoms with Gasteiger partial charge in [0, 0.05) is 19.2 Å². The van der Waals surface area contributed by atoms with E-state index < -0.39 is 11.8 Å². The molecule has 0 unspecified atom stereocenters. The van der Waals surface area contributed by atoms with E-state index in [0.29, 0.717) is 24.1 Å². The molecule has 1 aromatic heterocycles. The number of hydrogen-bond donors (Lipinski definition) is 1. The lowest BCUT2D eigenvalue weighted by Crippen LogP contribution is -2.34. The SMILES string of the molecule is CCN(CC)C(=O)Cn1c(CC(=O)O)nc2cc(F)ccc21. The van der Waals surface area contributed by atoms with Gasteiger partial charge in [-0.1, -0.05) is 0 Å². The number of aromatic nitrogens is 2. The minimum absolute atomic E-state index is 0.00751. The van der Waals surface area contributed by atoms with Crippen molar-refractivity contribution in [1.29, 1.82) is 0 Å². The van der Waals surface area contributed by atoms with Gasteiger partial charge >= 0.3 is 5.97 Å². The zero-order chi connectivity index (χ0) is 16.3. The predicted molar refractivity (Wildman–Crippen MR) is 79.0 cm³/mol. The summed E-state index contributed by atoms with van der Waals surface area (Å²) in [6, 6.07) is 4.02. The van der Waals surface area contributed by atoms with Crippen molar-refractivity contribution in [3.05, 3.63) is 29.8 Å². The Morgan fingerprint density at radius 3 is 2.59 bits per heavy atom. The third-order valence-electron chi connectivity index (χ3n) is 3.51. The number of hydrogen-bond acceptors (Lipinski definition) is 3. The number of fused-ring (bicyclic) bond motifs is 1. The molecule has 1 amide bonds. The Bertz CT molecular complexity index is 707. The molecule has 0 fully saturated rings. The predicted octanol–water partition coefficient (Wildman–Crippen LogP) is 1.67. The van der Waals surface area contributed by atoms with Crippen molar-refractivity contribution in [3.63, 3.8) is 0 Å². The van der Waals surface area contributed by atoms with E-state index in [9.17, 15) is 14.0 Å². The van der Waals surface area contributed by atoms with Gasteiger partial charge in [-0.05, 0) is 26.0 Å². The molecule has 0 aliphatic carbocycles. The third-order valence-corrected chi connectivity index (χ3v) is 3.51. The van der Waals surface area contributed by atoms with Crippen LogP contribution in [0.15, 0.2) is 18.2 Å². The minimum Gasteiger partial charge on any atom is -0.481 e. The van der Waals surface area contributed by atoms with Crippen molar-refractivity contribution in [2.45, 2.75) is 26.8 Å². The molecule has 7 heteroatoms. The van der Waals surface area contributed by atoms with Crippen molar-refractivity contribution in [2.24, 2.45) is 0 Å². The summed E-state index contributed by atoms with van der Waals surface area (Å²) < 4.78 is 14.8. The fraction of sp³-hybridized carbons (Fsp3) is 0.400. The summed E-state index contributed by atoms with van der Waals surface area (Å²) in [6.07, 6.45) is -0.318. The molecule has 0 bridgehead atoms. The van der Waals surface area contributed by atoms with Crippen LogP contribution in [0, 0.1) is 5.82 Å². The lowest BCUT2D eigenvalue weighted by molar-refractivity contribution is -0.136. The smallest absolute Gasteiger partial charge is 0.311 e. The molecule has 2 aromatic rings. The van der Waals surface area contributed by atoms with Gasteiger partial charge in [-0.25, -0.2) is 9.37 Å². The number of imidazole rings is 1. The Hall–Kier alpha value is -2.44. The van der Waals surface area contributed by atoms with E-state index >= 15 is 0 Å². The van der Waals surface area contributed by atoms with Crippen LogP contribution in [-0.4, -0.2) is 44.5 Å². The van der Waals surface area contributed by atoms with Gasteiger partial charge < -0.3 is 14.6 Å². The number of nitrogens with zero attached hydrogens (tertiary/aromatic N) is 3. The first-order chi connectivity index (χ1) is 10.5. The van der Waals surface area contributed by atoms with Gasteiger partial charge in [-0.2, -0.15) is 0 Å².